The van der Waals surface area contributed by atoms with Crippen molar-refractivity contribution in [1.82, 2.24) is 4.90 Å². The van der Waals surface area contributed by atoms with Crippen LogP contribution in [0.15, 0.2) is 0 Å². The van der Waals surface area contributed by atoms with Crippen LogP contribution in [0.2, 0.25) is 0 Å². The second-order valence-electron chi connectivity index (χ2n) is 5.07. The van der Waals surface area contributed by atoms with Gasteiger partial charge in [0.2, 0.25) is 5.91 Å². The smallest absolute Gasteiger partial charge is 0.239 e. The molecule has 5 nitrogen and oxygen atoms in total. The fourth-order valence-electron chi connectivity index (χ4n) is 2.00. The number of nitrogens with two attached hydrogens (primary N) is 1. The molecule has 0 unspecified atom stereocenters. The summed E-state index contributed by atoms with van der Waals surface area (Å²) in [6, 6.07) is -0.504. The van der Waals surface area contributed by atoms with E-state index in [4.69, 9.17) is 5.73 Å². The molecule has 1 amide bonds. The van der Waals surface area contributed by atoms with Crippen LogP contribution in [0.1, 0.15) is 26.7 Å². The predicted molar refractivity (Wildman–Crippen MR) is 67.3 cm³/mol. The lowest BCUT2D eigenvalue weighted by atomic mass is 10.0. The van der Waals surface area contributed by atoms with Gasteiger partial charge in [-0.3, -0.25) is 4.79 Å². The Labute approximate surface area is 103 Å². The fraction of sp³-hybridized carbons (Fsp3) is 0.909. The SMILES string of the molecule is CC(C)C[C@@H](N)C(=O)N1CCCS(=O)(=O)CC1. The second kappa shape index (κ2) is 5.82. The maximum absolute atomic E-state index is 12.0. The first-order valence-electron chi connectivity index (χ1n) is 6.06. The summed E-state index contributed by atoms with van der Waals surface area (Å²) in [6.07, 6.45) is 1.16. The molecular formula is C11H22N2O3S. The first-order chi connectivity index (χ1) is 7.82. The summed E-state index contributed by atoms with van der Waals surface area (Å²) in [4.78, 5) is 13.6. The number of nitrogens with zero attached hydrogens (tertiary/aromatic N) is 1. The molecule has 1 rings (SSSR count). The van der Waals surface area contributed by atoms with Gasteiger partial charge in [-0.15, -0.1) is 0 Å². The largest absolute Gasteiger partial charge is 0.340 e. The van der Waals surface area contributed by atoms with E-state index in [1.165, 1.54) is 0 Å². The Balaban J connectivity index is 2.58. The highest BCUT2D eigenvalue weighted by atomic mass is 32.2. The maximum atomic E-state index is 12.0. The van der Waals surface area contributed by atoms with E-state index in [1.54, 1.807) is 4.90 Å². The van der Waals surface area contributed by atoms with Gasteiger partial charge in [0, 0.05) is 13.1 Å². The van der Waals surface area contributed by atoms with Crippen molar-refractivity contribution in [3.63, 3.8) is 0 Å². The zero-order valence-electron chi connectivity index (χ0n) is 10.6. The average molecular weight is 262 g/mol. The Morgan fingerprint density at radius 2 is 1.94 bits per heavy atom. The van der Waals surface area contributed by atoms with Gasteiger partial charge in [-0.05, 0) is 18.8 Å². The molecule has 0 radical (unpaired) electrons. The van der Waals surface area contributed by atoms with E-state index < -0.39 is 15.9 Å². The zero-order chi connectivity index (χ0) is 13.1. The second-order valence-corrected chi connectivity index (χ2v) is 7.37. The normalized spacial score (nSPS) is 22.2. The van der Waals surface area contributed by atoms with Gasteiger partial charge in [0.15, 0.2) is 9.84 Å². The molecule has 0 bridgehead atoms. The maximum Gasteiger partial charge on any atom is 0.239 e. The van der Waals surface area contributed by atoms with Crippen molar-refractivity contribution < 1.29 is 13.2 Å². The van der Waals surface area contributed by atoms with Crippen LogP contribution in [0.4, 0.5) is 0 Å². The van der Waals surface area contributed by atoms with E-state index in [2.05, 4.69) is 0 Å². The van der Waals surface area contributed by atoms with E-state index in [9.17, 15) is 13.2 Å². The van der Waals surface area contributed by atoms with E-state index in [-0.39, 0.29) is 24.0 Å². The Morgan fingerprint density at radius 1 is 1.29 bits per heavy atom. The monoisotopic (exact) mass is 262 g/mol. The van der Waals surface area contributed by atoms with Crippen LogP contribution in [-0.4, -0.2) is 49.9 Å². The Kier molecular flexibility index (Phi) is 4.94. The molecule has 100 valence electrons. The quantitative estimate of drug-likeness (QED) is 0.776. The molecule has 1 aliphatic rings. The molecule has 0 saturated carbocycles. The number of carbonyl (C=O) groups is 1. The number of carbonyl (C=O) groups excluding carboxylic acids is 1. The minimum absolute atomic E-state index is 0.0626. The lowest BCUT2D eigenvalue weighted by Crippen LogP contribution is -2.45. The molecule has 1 saturated heterocycles. The van der Waals surface area contributed by atoms with Crippen molar-refractivity contribution in [2.75, 3.05) is 24.6 Å². The summed E-state index contributed by atoms with van der Waals surface area (Å²) >= 11 is 0. The van der Waals surface area contributed by atoms with Crippen molar-refractivity contribution in [2.24, 2.45) is 11.7 Å². The molecule has 0 aromatic carbocycles. The third-order valence-electron chi connectivity index (χ3n) is 2.91. The summed E-state index contributed by atoms with van der Waals surface area (Å²) in [5.41, 5.74) is 5.83. The topological polar surface area (TPSA) is 80.5 Å². The van der Waals surface area contributed by atoms with Crippen molar-refractivity contribution in [3.8, 4) is 0 Å². The molecular weight excluding hydrogens is 240 g/mol. The Hall–Kier alpha value is -0.620. The van der Waals surface area contributed by atoms with Crippen molar-refractivity contribution in [1.29, 1.82) is 0 Å². The fourth-order valence-corrected chi connectivity index (χ4v) is 3.27. The predicted octanol–water partition coefficient (Wildman–Crippen LogP) is 0.00690. The number of sulfone groups is 1. The highest BCUT2D eigenvalue weighted by Gasteiger charge is 2.26. The van der Waals surface area contributed by atoms with E-state index in [0.717, 1.165) is 0 Å². The van der Waals surface area contributed by atoms with Gasteiger partial charge >= 0.3 is 0 Å². The highest BCUT2D eigenvalue weighted by molar-refractivity contribution is 7.91. The number of hydrogen-bond acceptors (Lipinski definition) is 4. The summed E-state index contributed by atoms with van der Waals surface area (Å²) < 4.78 is 22.8. The van der Waals surface area contributed by atoms with Crippen LogP contribution in [0, 0.1) is 5.92 Å². The van der Waals surface area contributed by atoms with Gasteiger partial charge in [0.1, 0.15) is 0 Å². The minimum Gasteiger partial charge on any atom is -0.340 e. The van der Waals surface area contributed by atoms with E-state index in [0.29, 0.717) is 25.3 Å². The van der Waals surface area contributed by atoms with Gasteiger partial charge in [-0.1, -0.05) is 13.8 Å². The standard InChI is InChI=1S/C11H22N2O3S/c1-9(2)8-10(12)11(14)13-4-3-6-17(15,16)7-5-13/h9-10H,3-8,12H2,1-2H3/t10-/m1/s1. The lowest BCUT2D eigenvalue weighted by Gasteiger charge is -2.24. The van der Waals surface area contributed by atoms with Crippen molar-refractivity contribution in [2.45, 2.75) is 32.7 Å². The minimum atomic E-state index is -2.97. The van der Waals surface area contributed by atoms with E-state index in [1.807, 2.05) is 13.8 Å². The lowest BCUT2D eigenvalue weighted by molar-refractivity contribution is -0.132. The van der Waals surface area contributed by atoms with Crippen LogP contribution in [-0.2, 0) is 14.6 Å². The van der Waals surface area contributed by atoms with Gasteiger partial charge in [-0.2, -0.15) is 0 Å². The van der Waals surface area contributed by atoms with Crippen LogP contribution >= 0.6 is 0 Å². The molecule has 0 aromatic rings. The number of hydrogen-bond donors (Lipinski definition) is 1. The third-order valence-corrected chi connectivity index (χ3v) is 4.63. The van der Waals surface area contributed by atoms with Gasteiger partial charge in [0.05, 0.1) is 17.5 Å². The van der Waals surface area contributed by atoms with Gasteiger partial charge in [0.25, 0.3) is 0 Å². The number of amides is 1. The highest BCUT2D eigenvalue weighted by Crippen LogP contribution is 2.10. The Morgan fingerprint density at radius 3 is 2.53 bits per heavy atom. The Bertz CT molecular complexity index is 365. The first-order valence-corrected chi connectivity index (χ1v) is 7.89. The summed E-state index contributed by atoms with van der Waals surface area (Å²) in [7, 11) is -2.97. The van der Waals surface area contributed by atoms with Crippen LogP contribution in [0.3, 0.4) is 0 Å². The molecule has 1 aliphatic heterocycles. The average Bonchev–Trinajstić information content (AvgIpc) is 2.37. The molecule has 0 aliphatic carbocycles. The van der Waals surface area contributed by atoms with Gasteiger partial charge in [-0.25, -0.2) is 8.42 Å². The van der Waals surface area contributed by atoms with Crippen LogP contribution in [0.25, 0.3) is 0 Å². The molecule has 0 spiro atoms. The van der Waals surface area contributed by atoms with E-state index >= 15 is 0 Å². The number of rotatable bonds is 3. The molecule has 1 heterocycles. The summed E-state index contributed by atoms with van der Waals surface area (Å²) in [5.74, 6) is 0.490. The molecule has 1 fully saturated rings. The van der Waals surface area contributed by atoms with Crippen molar-refractivity contribution >= 4 is 15.7 Å². The molecule has 0 aromatic heterocycles. The van der Waals surface area contributed by atoms with Crippen LogP contribution < -0.4 is 5.73 Å². The zero-order valence-corrected chi connectivity index (χ0v) is 11.4. The molecule has 2 N–H and O–H groups in total. The molecule has 17 heavy (non-hydrogen) atoms. The third kappa shape index (κ3) is 4.63. The summed E-state index contributed by atoms with van der Waals surface area (Å²) in [5, 5.41) is 0. The van der Waals surface area contributed by atoms with Gasteiger partial charge < -0.3 is 10.6 Å². The molecule has 1 atom stereocenters. The first kappa shape index (κ1) is 14.4. The van der Waals surface area contributed by atoms with Crippen molar-refractivity contribution in [3.05, 3.63) is 0 Å². The summed E-state index contributed by atoms with van der Waals surface area (Å²) in [6.45, 7) is 4.82. The van der Waals surface area contributed by atoms with Crippen LogP contribution in [0.5, 0.6) is 0 Å². The molecule has 6 heteroatoms.